The van der Waals surface area contributed by atoms with Gasteiger partial charge in [-0.15, -0.1) is 0 Å². The number of methoxy groups -OCH3 is 1. The maximum atomic E-state index is 11.5. The average molecular weight is 241 g/mol. The van der Waals surface area contributed by atoms with E-state index in [1.807, 2.05) is 17.0 Å². The van der Waals surface area contributed by atoms with E-state index in [0.29, 0.717) is 24.7 Å². The monoisotopic (exact) mass is 240 g/mol. The van der Waals surface area contributed by atoms with Crippen LogP contribution in [-0.2, 0) is 9.53 Å². The van der Waals surface area contributed by atoms with Gasteiger partial charge < -0.3 is 15.0 Å². The van der Waals surface area contributed by atoms with Crippen molar-refractivity contribution in [2.24, 2.45) is 0 Å². The van der Waals surface area contributed by atoms with Crippen LogP contribution in [0.1, 0.15) is 0 Å². The zero-order chi connectivity index (χ0) is 11.5. The Labute approximate surface area is 99.1 Å². The number of carbonyl (C=O) groups is 1. The Hall–Kier alpha value is -1.26. The lowest BCUT2D eigenvalue weighted by Crippen LogP contribution is -2.39. The molecule has 0 atom stereocenters. The Morgan fingerprint density at radius 3 is 3.12 bits per heavy atom. The Morgan fingerprint density at radius 1 is 1.56 bits per heavy atom. The van der Waals surface area contributed by atoms with Gasteiger partial charge in [-0.3, -0.25) is 4.79 Å². The first kappa shape index (κ1) is 11.2. The molecular formula is C11H13ClN2O2. The molecular weight excluding hydrogens is 228 g/mol. The molecule has 1 aromatic carbocycles. The fraction of sp³-hybridized carbons (Fsp3) is 0.364. The molecule has 0 spiro atoms. The van der Waals surface area contributed by atoms with Crippen LogP contribution >= 0.6 is 11.6 Å². The van der Waals surface area contributed by atoms with Gasteiger partial charge in [0.1, 0.15) is 0 Å². The summed E-state index contributed by atoms with van der Waals surface area (Å²) in [4.78, 5) is 13.4. The maximum absolute atomic E-state index is 11.5. The lowest BCUT2D eigenvalue weighted by Gasteiger charge is -2.30. The van der Waals surface area contributed by atoms with Crippen LogP contribution in [0.25, 0.3) is 0 Å². The van der Waals surface area contributed by atoms with Gasteiger partial charge in [0, 0.05) is 18.7 Å². The molecule has 0 aromatic heterocycles. The van der Waals surface area contributed by atoms with Crippen molar-refractivity contribution in [3.05, 3.63) is 23.2 Å². The minimum absolute atomic E-state index is 0.00840. The third kappa shape index (κ3) is 2.28. The van der Waals surface area contributed by atoms with Crippen LogP contribution in [0.15, 0.2) is 18.2 Å². The summed E-state index contributed by atoms with van der Waals surface area (Å²) < 4.78 is 5.02. The molecule has 1 amide bonds. The molecule has 0 radical (unpaired) electrons. The van der Waals surface area contributed by atoms with Gasteiger partial charge in [-0.25, -0.2) is 0 Å². The van der Waals surface area contributed by atoms with Crippen LogP contribution in [-0.4, -0.2) is 32.7 Å². The normalized spacial score (nSPS) is 14.6. The SMILES string of the molecule is COCCN1CC(=O)Nc2ccc(Cl)cc21. The summed E-state index contributed by atoms with van der Waals surface area (Å²) in [5.41, 5.74) is 1.75. The molecule has 1 N–H and O–H groups in total. The number of anilines is 2. The summed E-state index contributed by atoms with van der Waals surface area (Å²) in [5.74, 6) is -0.00840. The van der Waals surface area contributed by atoms with Crippen LogP contribution in [0.3, 0.4) is 0 Å². The minimum Gasteiger partial charge on any atom is -0.383 e. The van der Waals surface area contributed by atoms with Crippen LogP contribution in [0.2, 0.25) is 5.02 Å². The van der Waals surface area contributed by atoms with E-state index in [1.54, 1.807) is 13.2 Å². The smallest absolute Gasteiger partial charge is 0.243 e. The summed E-state index contributed by atoms with van der Waals surface area (Å²) in [6, 6.07) is 5.43. The van der Waals surface area contributed by atoms with Crippen LogP contribution in [0.5, 0.6) is 0 Å². The van der Waals surface area contributed by atoms with E-state index in [-0.39, 0.29) is 5.91 Å². The van der Waals surface area contributed by atoms with Gasteiger partial charge in [0.15, 0.2) is 0 Å². The van der Waals surface area contributed by atoms with E-state index in [4.69, 9.17) is 16.3 Å². The topological polar surface area (TPSA) is 41.6 Å². The Morgan fingerprint density at radius 2 is 2.38 bits per heavy atom. The van der Waals surface area contributed by atoms with E-state index in [2.05, 4.69) is 5.32 Å². The van der Waals surface area contributed by atoms with Gasteiger partial charge in [0.25, 0.3) is 0 Å². The molecule has 0 bridgehead atoms. The molecule has 16 heavy (non-hydrogen) atoms. The van der Waals surface area contributed by atoms with Crippen molar-refractivity contribution in [2.75, 3.05) is 37.0 Å². The number of halogens is 1. The van der Waals surface area contributed by atoms with E-state index in [0.717, 1.165) is 11.4 Å². The van der Waals surface area contributed by atoms with Crippen molar-refractivity contribution in [3.63, 3.8) is 0 Å². The minimum atomic E-state index is -0.00840. The van der Waals surface area contributed by atoms with Gasteiger partial charge >= 0.3 is 0 Å². The summed E-state index contributed by atoms with van der Waals surface area (Å²) in [6.45, 7) is 1.60. The lowest BCUT2D eigenvalue weighted by molar-refractivity contribution is -0.115. The first-order chi connectivity index (χ1) is 7.70. The fourth-order valence-electron chi connectivity index (χ4n) is 1.72. The molecule has 86 valence electrons. The zero-order valence-electron chi connectivity index (χ0n) is 9.00. The van der Waals surface area contributed by atoms with E-state index in [9.17, 15) is 4.79 Å². The highest BCUT2D eigenvalue weighted by atomic mass is 35.5. The average Bonchev–Trinajstić information content (AvgIpc) is 2.26. The predicted molar refractivity (Wildman–Crippen MR) is 64.2 cm³/mol. The second-order valence-corrected chi connectivity index (χ2v) is 4.06. The highest BCUT2D eigenvalue weighted by molar-refractivity contribution is 6.31. The van der Waals surface area contributed by atoms with Gasteiger partial charge in [0.05, 0.1) is 24.5 Å². The standard InChI is InChI=1S/C11H13ClN2O2/c1-16-5-4-14-7-11(15)13-9-3-2-8(12)6-10(9)14/h2-3,6H,4-5,7H2,1H3,(H,13,15). The number of carbonyl (C=O) groups excluding carboxylic acids is 1. The molecule has 1 heterocycles. The van der Waals surface area contributed by atoms with Gasteiger partial charge in [-0.2, -0.15) is 0 Å². The lowest BCUT2D eigenvalue weighted by atomic mass is 10.2. The Balaban J connectivity index is 2.28. The van der Waals surface area contributed by atoms with E-state index in [1.165, 1.54) is 0 Å². The molecule has 2 rings (SSSR count). The molecule has 1 aliphatic heterocycles. The van der Waals surface area contributed by atoms with Crippen molar-refractivity contribution < 1.29 is 9.53 Å². The maximum Gasteiger partial charge on any atom is 0.243 e. The number of benzene rings is 1. The number of nitrogens with zero attached hydrogens (tertiary/aromatic N) is 1. The first-order valence-corrected chi connectivity index (χ1v) is 5.42. The molecule has 0 aliphatic carbocycles. The molecule has 0 saturated heterocycles. The van der Waals surface area contributed by atoms with Crippen molar-refractivity contribution in [1.29, 1.82) is 0 Å². The molecule has 1 aromatic rings. The van der Waals surface area contributed by atoms with Crippen molar-refractivity contribution in [2.45, 2.75) is 0 Å². The molecule has 4 nitrogen and oxygen atoms in total. The molecule has 0 fully saturated rings. The summed E-state index contributed by atoms with van der Waals surface area (Å²) >= 11 is 5.94. The van der Waals surface area contributed by atoms with E-state index >= 15 is 0 Å². The highest BCUT2D eigenvalue weighted by Crippen LogP contribution is 2.31. The second kappa shape index (κ2) is 4.72. The number of amides is 1. The summed E-state index contributed by atoms with van der Waals surface area (Å²) in [5, 5.41) is 3.48. The van der Waals surface area contributed by atoms with Gasteiger partial charge in [-0.1, -0.05) is 11.6 Å². The molecule has 5 heteroatoms. The number of ether oxygens (including phenoxy) is 1. The largest absolute Gasteiger partial charge is 0.383 e. The summed E-state index contributed by atoms with van der Waals surface area (Å²) in [6.07, 6.45) is 0. The fourth-order valence-corrected chi connectivity index (χ4v) is 1.89. The zero-order valence-corrected chi connectivity index (χ0v) is 9.75. The number of rotatable bonds is 3. The number of hydrogen-bond donors (Lipinski definition) is 1. The van der Waals surface area contributed by atoms with Crippen LogP contribution in [0.4, 0.5) is 11.4 Å². The van der Waals surface area contributed by atoms with Gasteiger partial charge in [0.2, 0.25) is 5.91 Å². The predicted octanol–water partition coefficient (Wildman–Crippen LogP) is 1.74. The number of nitrogens with one attached hydrogen (secondary N) is 1. The third-order valence-corrected chi connectivity index (χ3v) is 2.71. The van der Waals surface area contributed by atoms with Gasteiger partial charge in [-0.05, 0) is 18.2 Å². The molecule has 0 saturated carbocycles. The quantitative estimate of drug-likeness (QED) is 0.875. The Bertz CT molecular complexity index is 409. The van der Waals surface area contributed by atoms with E-state index < -0.39 is 0 Å². The molecule has 0 unspecified atom stereocenters. The van der Waals surface area contributed by atoms with Crippen molar-refractivity contribution >= 4 is 28.9 Å². The third-order valence-electron chi connectivity index (χ3n) is 2.47. The first-order valence-electron chi connectivity index (χ1n) is 5.04. The van der Waals surface area contributed by atoms with Crippen LogP contribution < -0.4 is 10.2 Å². The van der Waals surface area contributed by atoms with Crippen molar-refractivity contribution in [1.82, 2.24) is 0 Å². The Kier molecular flexibility index (Phi) is 3.31. The second-order valence-electron chi connectivity index (χ2n) is 3.62. The summed E-state index contributed by atoms with van der Waals surface area (Å²) in [7, 11) is 1.64. The van der Waals surface area contributed by atoms with Crippen molar-refractivity contribution in [3.8, 4) is 0 Å². The van der Waals surface area contributed by atoms with Crippen LogP contribution in [0, 0.1) is 0 Å². The molecule has 1 aliphatic rings. The number of fused-ring (bicyclic) bond motifs is 1. The highest BCUT2D eigenvalue weighted by Gasteiger charge is 2.21. The number of hydrogen-bond acceptors (Lipinski definition) is 3.